The summed E-state index contributed by atoms with van der Waals surface area (Å²) in [5, 5.41) is 12.3. The first kappa shape index (κ1) is 14.3. The first-order chi connectivity index (χ1) is 10.8. The van der Waals surface area contributed by atoms with Gasteiger partial charge in [-0.25, -0.2) is 0 Å². The van der Waals surface area contributed by atoms with Crippen molar-refractivity contribution >= 4 is 23.3 Å². The maximum atomic E-state index is 11.9. The number of amides is 1. The summed E-state index contributed by atoms with van der Waals surface area (Å²) in [7, 11) is 1.57. The molecule has 2 heterocycles. The van der Waals surface area contributed by atoms with Crippen molar-refractivity contribution in [1.29, 1.82) is 0 Å². The van der Waals surface area contributed by atoms with Gasteiger partial charge in [0.1, 0.15) is 5.75 Å². The average molecular weight is 315 g/mol. The molecule has 112 valence electrons. The Morgan fingerprint density at radius 2 is 2.14 bits per heavy atom. The minimum absolute atomic E-state index is 0.0717. The molecule has 1 aromatic carbocycles. The monoisotopic (exact) mass is 315 g/mol. The molecule has 0 aliphatic rings. The van der Waals surface area contributed by atoms with Crippen LogP contribution in [0.3, 0.4) is 0 Å². The van der Waals surface area contributed by atoms with Crippen LogP contribution in [0, 0.1) is 0 Å². The number of thiophene rings is 1. The van der Waals surface area contributed by atoms with E-state index in [0.29, 0.717) is 17.2 Å². The second kappa shape index (κ2) is 6.40. The Hall–Kier alpha value is -2.67. The first-order valence-corrected chi connectivity index (χ1v) is 7.43. The van der Waals surface area contributed by atoms with Crippen LogP contribution in [-0.4, -0.2) is 23.2 Å². The van der Waals surface area contributed by atoms with Gasteiger partial charge in [0, 0.05) is 4.88 Å². The molecule has 2 aromatic heterocycles. The maximum absolute atomic E-state index is 11.9. The highest BCUT2D eigenvalue weighted by Crippen LogP contribution is 2.29. The number of hydrogen-bond acceptors (Lipinski definition) is 6. The second-order valence-corrected chi connectivity index (χ2v) is 5.45. The van der Waals surface area contributed by atoms with E-state index >= 15 is 0 Å². The number of ether oxygens (including phenoxy) is 1. The summed E-state index contributed by atoms with van der Waals surface area (Å²) in [6, 6.07) is 11.2. The van der Waals surface area contributed by atoms with Gasteiger partial charge in [-0.3, -0.25) is 10.1 Å². The number of rotatable bonds is 5. The molecule has 0 fully saturated rings. The average Bonchev–Trinajstić information content (AvgIpc) is 3.19. The standard InChI is InChI=1S/C15H13N3O3S/c1-20-12-7-3-2-6-11(12)14-17-18-15(21-14)16-13(19)9-10-5-4-8-22-10/h2-8H,9H2,1H3,(H,16,18,19). The SMILES string of the molecule is COc1ccccc1-c1nnc(NC(=O)Cc2cccs2)o1. The van der Waals surface area contributed by atoms with Crippen molar-refractivity contribution in [3.63, 3.8) is 0 Å². The lowest BCUT2D eigenvalue weighted by Crippen LogP contribution is -2.13. The molecule has 0 saturated heterocycles. The largest absolute Gasteiger partial charge is 0.496 e. The fourth-order valence-electron chi connectivity index (χ4n) is 1.94. The summed E-state index contributed by atoms with van der Waals surface area (Å²) in [4.78, 5) is 12.9. The van der Waals surface area contributed by atoms with Gasteiger partial charge in [0.15, 0.2) is 0 Å². The number of nitrogens with one attached hydrogen (secondary N) is 1. The van der Waals surface area contributed by atoms with Gasteiger partial charge in [-0.15, -0.1) is 16.4 Å². The van der Waals surface area contributed by atoms with Gasteiger partial charge in [0.2, 0.25) is 5.91 Å². The molecule has 0 bridgehead atoms. The molecule has 3 rings (SSSR count). The van der Waals surface area contributed by atoms with E-state index in [1.54, 1.807) is 13.2 Å². The van der Waals surface area contributed by atoms with Gasteiger partial charge in [0.05, 0.1) is 19.1 Å². The molecule has 0 unspecified atom stereocenters. The van der Waals surface area contributed by atoms with Gasteiger partial charge < -0.3 is 9.15 Å². The lowest BCUT2D eigenvalue weighted by molar-refractivity contribution is -0.115. The van der Waals surface area contributed by atoms with Gasteiger partial charge in [0.25, 0.3) is 5.89 Å². The number of carbonyl (C=O) groups excluding carboxylic acids is 1. The maximum Gasteiger partial charge on any atom is 0.322 e. The van der Waals surface area contributed by atoms with Crippen molar-refractivity contribution in [2.24, 2.45) is 0 Å². The number of benzene rings is 1. The van der Waals surface area contributed by atoms with Crippen LogP contribution in [0.25, 0.3) is 11.5 Å². The number of methoxy groups -OCH3 is 1. The molecular weight excluding hydrogens is 302 g/mol. The van der Waals surface area contributed by atoms with Crippen molar-refractivity contribution in [3.8, 4) is 17.2 Å². The third kappa shape index (κ3) is 3.15. The van der Waals surface area contributed by atoms with Gasteiger partial charge >= 0.3 is 6.01 Å². The Kier molecular flexibility index (Phi) is 4.15. The van der Waals surface area contributed by atoms with E-state index in [-0.39, 0.29) is 18.3 Å². The topological polar surface area (TPSA) is 77.3 Å². The quantitative estimate of drug-likeness (QED) is 0.783. The van der Waals surface area contributed by atoms with E-state index in [1.165, 1.54) is 11.3 Å². The highest BCUT2D eigenvalue weighted by molar-refractivity contribution is 7.10. The van der Waals surface area contributed by atoms with Crippen LogP contribution in [0.15, 0.2) is 46.2 Å². The predicted molar refractivity (Wildman–Crippen MR) is 82.9 cm³/mol. The van der Waals surface area contributed by atoms with Crippen molar-refractivity contribution in [2.75, 3.05) is 12.4 Å². The third-order valence-electron chi connectivity index (χ3n) is 2.92. The number of para-hydroxylation sites is 1. The summed E-state index contributed by atoms with van der Waals surface area (Å²) in [6.45, 7) is 0. The van der Waals surface area contributed by atoms with Crippen LogP contribution in [0.2, 0.25) is 0 Å². The van der Waals surface area contributed by atoms with E-state index < -0.39 is 0 Å². The molecule has 0 saturated carbocycles. The smallest absolute Gasteiger partial charge is 0.322 e. The predicted octanol–water partition coefficient (Wildman–Crippen LogP) is 2.99. The Labute approximate surface area is 130 Å². The van der Waals surface area contributed by atoms with Crippen LogP contribution in [0.4, 0.5) is 6.01 Å². The van der Waals surface area contributed by atoms with Crippen LogP contribution >= 0.6 is 11.3 Å². The molecule has 0 radical (unpaired) electrons. The normalized spacial score (nSPS) is 10.4. The fourth-order valence-corrected chi connectivity index (χ4v) is 2.64. The summed E-state index contributed by atoms with van der Waals surface area (Å²) >= 11 is 1.52. The summed E-state index contributed by atoms with van der Waals surface area (Å²) in [5.41, 5.74) is 0.677. The van der Waals surface area contributed by atoms with Crippen LogP contribution in [0.1, 0.15) is 4.88 Å². The zero-order chi connectivity index (χ0) is 15.4. The summed E-state index contributed by atoms with van der Waals surface area (Å²) < 4.78 is 10.7. The van der Waals surface area contributed by atoms with Gasteiger partial charge in [-0.05, 0) is 23.6 Å². The molecule has 0 aliphatic heterocycles. The summed E-state index contributed by atoms with van der Waals surface area (Å²) in [6.07, 6.45) is 0.282. The zero-order valence-electron chi connectivity index (χ0n) is 11.8. The highest BCUT2D eigenvalue weighted by Gasteiger charge is 2.14. The minimum atomic E-state index is -0.197. The highest BCUT2D eigenvalue weighted by atomic mass is 32.1. The first-order valence-electron chi connectivity index (χ1n) is 6.55. The molecule has 7 heteroatoms. The molecule has 22 heavy (non-hydrogen) atoms. The molecule has 1 N–H and O–H groups in total. The zero-order valence-corrected chi connectivity index (χ0v) is 12.6. The number of carbonyl (C=O) groups is 1. The molecule has 3 aromatic rings. The Morgan fingerprint density at radius 1 is 1.27 bits per heavy atom. The van der Waals surface area contributed by atoms with E-state index in [0.717, 1.165) is 4.88 Å². The van der Waals surface area contributed by atoms with E-state index in [4.69, 9.17) is 9.15 Å². The van der Waals surface area contributed by atoms with Crippen LogP contribution < -0.4 is 10.1 Å². The van der Waals surface area contributed by atoms with Crippen molar-refractivity contribution in [1.82, 2.24) is 10.2 Å². The lowest BCUT2D eigenvalue weighted by atomic mass is 10.2. The molecule has 0 aliphatic carbocycles. The van der Waals surface area contributed by atoms with E-state index in [2.05, 4.69) is 15.5 Å². The van der Waals surface area contributed by atoms with Crippen LogP contribution in [-0.2, 0) is 11.2 Å². The molecule has 0 spiro atoms. The third-order valence-corrected chi connectivity index (χ3v) is 3.80. The number of nitrogens with zero attached hydrogens (tertiary/aromatic N) is 2. The molecule has 1 amide bonds. The fraction of sp³-hybridized carbons (Fsp3) is 0.133. The number of hydrogen-bond donors (Lipinski definition) is 1. The van der Waals surface area contributed by atoms with E-state index in [9.17, 15) is 4.79 Å². The Balaban J connectivity index is 1.72. The van der Waals surface area contributed by atoms with Gasteiger partial charge in [-0.1, -0.05) is 23.3 Å². The number of anilines is 1. The van der Waals surface area contributed by atoms with Crippen molar-refractivity contribution in [2.45, 2.75) is 6.42 Å². The van der Waals surface area contributed by atoms with Crippen molar-refractivity contribution < 1.29 is 13.9 Å². The lowest BCUT2D eigenvalue weighted by Gasteiger charge is -2.03. The second-order valence-electron chi connectivity index (χ2n) is 4.42. The van der Waals surface area contributed by atoms with Crippen molar-refractivity contribution in [3.05, 3.63) is 46.7 Å². The summed E-state index contributed by atoms with van der Waals surface area (Å²) in [5.74, 6) is 0.726. The Bertz CT molecular complexity index is 768. The molecular formula is C15H13N3O3S. The van der Waals surface area contributed by atoms with Crippen LogP contribution in [0.5, 0.6) is 5.75 Å². The molecule has 6 nitrogen and oxygen atoms in total. The van der Waals surface area contributed by atoms with E-state index in [1.807, 2.05) is 35.7 Å². The Morgan fingerprint density at radius 3 is 2.91 bits per heavy atom. The number of aromatic nitrogens is 2. The minimum Gasteiger partial charge on any atom is -0.496 e. The van der Waals surface area contributed by atoms with Gasteiger partial charge in [-0.2, -0.15) is 0 Å². The molecule has 0 atom stereocenters.